The van der Waals surface area contributed by atoms with Crippen LogP contribution in [0.2, 0.25) is 0 Å². The molecule has 114 valence electrons. The monoisotopic (exact) mass is 288 g/mol. The van der Waals surface area contributed by atoms with Gasteiger partial charge in [0.25, 0.3) is 0 Å². The Kier molecular flexibility index (Phi) is 4.15. The van der Waals surface area contributed by atoms with Crippen LogP contribution in [0.3, 0.4) is 0 Å². The number of nitrogens with zero attached hydrogens (tertiary/aromatic N) is 1. The maximum absolute atomic E-state index is 12.9. The van der Waals surface area contributed by atoms with E-state index in [-0.39, 0.29) is 17.9 Å². The highest BCUT2D eigenvalue weighted by Crippen LogP contribution is 2.38. The van der Waals surface area contributed by atoms with E-state index in [9.17, 15) is 4.79 Å². The van der Waals surface area contributed by atoms with Gasteiger partial charge in [0.2, 0.25) is 5.91 Å². The molecule has 2 atom stereocenters. The molecule has 4 heteroatoms. The van der Waals surface area contributed by atoms with Crippen LogP contribution in [0.5, 0.6) is 5.75 Å². The molecule has 3 rings (SSSR count). The largest absolute Gasteiger partial charge is 0.495 e. The van der Waals surface area contributed by atoms with Gasteiger partial charge in [0.05, 0.1) is 12.8 Å². The zero-order valence-corrected chi connectivity index (χ0v) is 12.7. The number of methoxy groups -OCH3 is 1. The van der Waals surface area contributed by atoms with Gasteiger partial charge >= 0.3 is 0 Å². The average molecular weight is 288 g/mol. The van der Waals surface area contributed by atoms with Crippen molar-refractivity contribution in [3.05, 3.63) is 23.8 Å². The third-order valence-corrected chi connectivity index (χ3v) is 4.73. The summed E-state index contributed by atoms with van der Waals surface area (Å²) in [6.45, 7) is 0.790. The molecule has 21 heavy (non-hydrogen) atoms. The lowest BCUT2D eigenvalue weighted by Crippen LogP contribution is -2.43. The van der Waals surface area contributed by atoms with Crippen molar-refractivity contribution < 1.29 is 9.53 Å². The Labute approximate surface area is 126 Å². The number of aryl methyl sites for hydroxylation is 1. The second-order valence-electron chi connectivity index (χ2n) is 6.19. The Balaban J connectivity index is 1.89. The first-order valence-corrected chi connectivity index (χ1v) is 7.93. The van der Waals surface area contributed by atoms with E-state index >= 15 is 0 Å². The minimum Gasteiger partial charge on any atom is -0.495 e. The second kappa shape index (κ2) is 6.06. The van der Waals surface area contributed by atoms with Gasteiger partial charge < -0.3 is 15.4 Å². The van der Waals surface area contributed by atoms with Crippen molar-refractivity contribution >= 4 is 11.6 Å². The highest BCUT2D eigenvalue weighted by molar-refractivity contribution is 5.97. The average Bonchev–Trinajstić information content (AvgIpc) is 2.53. The molecule has 1 aliphatic heterocycles. The number of carbonyl (C=O) groups is 1. The molecule has 0 radical (unpaired) electrons. The molecule has 0 bridgehead atoms. The van der Waals surface area contributed by atoms with Crippen LogP contribution in [0.25, 0.3) is 0 Å². The van der Waals surface area contributed by atoms with Crippen LogP contribution in [0.4, 0.5) is 5.69 Å². The molecule has 1 fully saturated rings. The van der Waals surface area contributed by atoms with E-state index in [1.165, 1.54) is 5.56 Å². The summed E-state index contributed by atoms with van der Waals surface area (Å²) in [4.78, 5) is 14.9. The lowest BCUT2D eigenvalue weighted by atomic mass is 9.84. The van der Waals surface area contributed by atoms with Gasteiger partial charge in [-0.15, -0.1) is 0 Å². The number of ether oxygens (including phenoxy) is 1. The van der Waals surface area contributed by atoms with Gasteiger partial charge in [-0.25, -0.2) is 0 Å². The normalized spacial score (nSPS) is 25.3. The van der Waals surface area contributed by atoms with Crippen molar-refractivity contribution in [3.8, 4) is 5.75 Å². The van der Waals surface area contributed by atoms with E-state index in [1.54, 1.807) is 7.11 Å². The summed E-state index contributed by atoms with van der Waals surface area (Å²) in [6.07, 6.45) is 5.92. The summed E-state index contributed by atoms with van der Waals surface area (Å²) in [5.41, 5.74) is 8.25. The zero-order chi connectivity index (χ0) is 14.8. The molecular formula is C17H24N2O2. The van der Waals surface area contributed by atoms with Gasteiger partial charge in [0.15, 0.2) is 0 Å². The number of carbonyl (C=O) groups excluding carboxylic acids is 1. The van der Waals surface area contributed by atoms with Gasteiger partial charge in [-0.3, -0.25) is 4.79 Å². The van der Waals surface area contributed by atoms with Crippen LogP contribution in [0.1, 0.15) is 37.7 Å². The molecule has 1 aliphatic carbocycles. The first-order chi connectivity index (χ1) is 10.2. The highest BCUT2D eigenvalue weighted by Gasteiger charge is 2.33. The zero-order valence-electron chi connectivity index (χ0n) is 12.7. The standard InChI is InChI=1S/C17H24N2O2/c1-21-15-9-3-5-12-7-4-10-19(16(12)15)17(20)13-6-2-8-14(18)11-13/h3,5,9,13-14H,2,4,6-8,10-11,18H2,1H3. The first-order valence-electron chi connectivity index (χ1n) is 7.93. The Morgan fingerprint density at radius 2 is 2.19 bits per heavy atom. The SMILES string of the molecule is COc1cccc2c1N(C(=O)C1CCCC(N)C1)CCC2. The van der Waals surface area contributed by atoms with Crippen LogP contribution in [-0.2, 0) is 11.2 Å². The lowest BCUT2D eigenvalue weighted by molar-refractivity contribution is -0.123. The molecule has 2 unspecified atom stereocenters. The van der Waals surface area contributed by atoms with E-state index in [0.717, 1.165) is 56.5 Å². The predicted octanol–water partition coefficient (Wildman–Crippen LogP) is 2.49. The first kappa shape index (κ1) is 14.4. The number of rotatable bonds is 2. The predicted molar refractivity (Wildman–Crippen MR) is 83.6 cm³/mol. The van der Waals surface area contributed by atoms with E-state index in [2.05, 4.69) is 6.07 Å². The molecule has 1 heterocycles. The molecular weight excluding hydrogens is 264 g/mol. The lowest BCUT2D eigenvalue weighted by Gasteiger charge is -2.35. The van der Waals surface area contributed by atoms with Gasteiger partial charge in [-0.2, -0.15) is 0 Å². The van der Waals surface area contributed by atoms with Gasteiger partial charge in [-0.05, 0) is 43.7 Å². The maximum Gasteiger partial charge on any atom is 0.230 e. The Morgan fingerprint density at radius 3 is 2.95 bits per heavy atom. The number of para-hydroxylation sites is 1. The molecule has 1 saturated carbocycles. The Bertz CT molecular complexity index is 515. The minimum absolute atomic E-state index is 0.0737. The second-order valence-corrected chi connectivity index (χ2v) is 6.19. The molecule has 1 aromatic carbocycles. The van der Waals surface area contributed by atoms with Gasteiger partial charge in [0, 0.05) is 18.5 Å². The van der Waals surface area contributed by atoms with E-state index in [1.807, 2.05) is 17.0 Å². The van der Waals surface area contributed by atoms with Gasteiger partial charge in [0.1, 0.15) is 5.75 Å². The molecule has 0 aromatic heterocycles. The van der Waals surface area contributed by atoms with Crippen molar-refractivity contribution in [1.29, 1.82) is 0 Å². The van der Waals surface area contributed by atoms with E-state index < -0.39 is 0 Å². The Morgan fingerprint density at radius 1 is 1.33 bits per heavy atom. The molecule has 2 N–H and O–H groups in total. The molecule has 0 spiro atoms. The van der Waals surface area contributed by atoms with Crippen LogP contribution in [0.15, 0.2) is 18.2 Å². The molecule has 4 nitrogen and oxygen atoms in total. The quantitative estimate of drug-likeness (QED) is 0.909. The van der Waals surface area contributed by atoms with Crippen molar-refractivity contribution in [2.24, 2.45) is 11.7 Å². The number of nitrogens with two attached hydrogens (primary N) is 1. The fourth-order valence-corrected chi connectivity index (χ4v) is 3.67. The fraction of sp³-hybridized carbons (Fsp3) is 0.588. The minimum atomic E-state index is 0.0737. The molecule has 1 amide bonds. The smallest absolute Gasteiger partial charge is 0.230 e. The summed E-state index contributed by atoms with van der Waals surface area (Å²) >= 11 is 0. The summed E-state index contributed by atoms with van der Waals surface area (Å²) in [7, 11) is 1.67. The van der Waals surface area contributed by atoms with Crippen molar-refractivity contribution in [1.82, 2.24) is 0 Å². The van der Waals surface area contributed by atoms with Crippen LogP contribution < -0.4 is 15.4 Å². The number of benzene rings is 1. The summed E-state index contributed by atoms with van der Waals surface area (Å²) < 4.78 is 5.48. The van der Waals surface area contributed by atoms with Gasteiger partial charge in [-0.1, -0.05) is 18.6 Å². The summed E-state index contributed by atoms with van der Waals surface area (Å²) in [6, 6.07) is 6.22. The number of hydrogen-bond acceptors (Lipinski definition) is 3. The van der Waals surface area contributed by atoms with Crippen LogP contribution >= 0.6 is 0 Å². The Hall–Kier alpha value is -1.55. The number of anilines is 1. The number of hydrogen-bond donors (Lipinski definition) is 1. The van der Waals surface area contributed by atoms with E-state index in [0.29, 0.717) is 0 Å². The number of fused-ring (bicyclic) bond motifs is 1. The summed E-state index contributed by atoms with van der Waals surface area (Å²) in [5, 5.41) is 0. The molecule has 0 saturated heterocycles. The molecule has 2 aliphatic rings. The number of amides is 1. The fourth-order valence-electron chi connectivity index (χ4n) is 3.67. The van der Waals surface area contributed by atoms with Crippen molar-refractivity contribution in [3.63, 3.8) is 0 Å². The highest BCUT2D eigenvalue weighted by atomic mass is 16.5. The maximum atomic E-state index is 12.9. The summed E-state index contributed by atoms with van der Waals surface area (Å²) in [5.74, 6) is 1.11. The van der Waals surface area contributed by atoms with Crippen molar-refractivity contribution in [2.45, 2.75) is 44.6 Å². The molecule has 1 aromatic rings. The third kappa shape index (κ3) is 2.77. The van der Waals surface area contributed by atoms with Crippen LogP contribution in [0, 0.1) is 5.92 Å². The van der Waals surface area contributed by atoms with Crippen LogP contribution in [-0.4, -0.2) is 25.6 Å². The van der Waals surface area contributed by atoms with E-state index in [4.69, 9.17) is 10.5 Å². The topological polar surface area (TPSA) is 55.6 Å². The van der Waals surface area contributed by atoms with Crippen molar-refractivity contribution in [2.75, 3.05) is 18.6 Å². The third-order valence-electron chi connectivity index (χ3n) is 4.73.